The van der Waals surface area contributed by atoms with E-state index in [9.17, 15) is 9.59 Å². The van der Waals surface area contributed by atoms with Gasteiger partial charge in [-0.15, -0.1) is 11.3 Å². The summed E-state index contributed by atoms with van der Waals surface area (Å²) in [6.45, 7) is 0.797. The normalized spacial score (nSPS) is 26.2. The Morgan fingerprint density at radius 2 is 1.82 bits per heavy atom. The first kappa shape index (κ1) is 21.7. The summed E-state index contributed by atoms with van der Waals surface area (Å²) in [5.41, 5.74) is 3.40. The van der Waals surface area contributed by atoms with Gasteiger partial charge in [0.25, 0.3) is 0 Å². The Kier molecular flexibility index (Phi) is 5.40. The lowest BCUT2D eigenvalue weighted by Gasteiger charge is -2.54. The zero-order chi connectivity index (χ0) is 23.2. The van der Waals surface area contributed by atoms with E-state index in [-0.39, 0.29) is 22.7 Å². The molecule has 1 heterocycles. The number of benzene rings is 2. The van der Waals surface area contributed by atoms with E-state index in [1.807, 2.05) is 41.9 Å². The number of aromatic nitrogens is 1. The van der Waals surface area contributed by atoms with Gasteiger partial charge in [-0.3, -0.25) is 9.59 Å². The highest BCUT2D eigenvalue weighted by Gasteiger charge is 2.52. The van der Waals surface area contributed by atoms with E-state index in [1.54, 1.807) is 6.08 Å². The minimum Gasteiger partial charge on any atom is -0.312 e. The first-order valence-electron chi connectivity index (χ1n) is 12.4. The maximum absolute atomic E-state index is 13.4. The largest absolute Gasteiger partial charge is 0.312 e. The van der Waals surface area contributed by atoms with Crippen LogP contribution in [-0.2, 0) is 15.0 Å². The molecule has 0 unspecified atom stereocenters. The molecule has 5 heteroatoms. The zero-order valence-electron chi connectivity index (χ0n) is 19.3. The molecule has 4 aliphatic carbocycles. The number of fused-ring (bicyclic) bond motifs is 4. The molecule has 0 aliphatic heterocycles. The molecule has 4 fully saturated rings. The van der Waals surface area contributed by atoms with Crippen LogP contribution < -0.4 is 4.90 Å². The number of carbonyl (C=O) groups excluding carboxylic acids is 2. The van der Waals surface area contributed by atoms with E-state index in [0.717, 1.165) is 74.7 Å². The molecule has 0 saturated heterocycles. The summed E-state index contributed by atoms with van der Waals surface area (Å²) in [4.78, 5) is 31.2. The maximum Gasteiger partial charge on any atom is 0.230 e. The summed E-state index contributed by atoms with van der Waals surface area (Å²) < 4.78 is 1.29. The van der Waals surface area contributed by atoms with Gasteiger partial charge in [0.2, 0.25) is 12.2 Å². The van der Waals surface area contributed by atoms with Gasteiger partial charge in [0.1, 0.15) is 0 Å². The fourth-order valence-corrected chi connectivity index (χ4v) is 7.27. The molecule has 4 saturated carbocycles. The van der Waals surface area contributed by atoms with Gasteiger partial charge in [0, 0.05) is 23.6 Å². The molecule has 3 aromatic rings. The highest BCUT2D eigenvalue weighted by Crippen LogP contribution is 2.59. The van der Waals surface area contributed by atoms with Gasteiger partial charge in [-0.05, 0) is 92.7 Å². The Morgan fingerprint density at radius 3 is 2.53 bits per heavy atom. The minimum atomic E-state index is 0.174. The Balaban J connectivity index is 1.25. The highest BCUT2D eigenvalue weighted by molar-refractivity contribution is 7.18. The van der Waals surface area contributed by atoms with E-state index < -0.39 is 0 Å². The molecule has 1 radical (unpaired) electrons. The predicted octanol–water partition coefficient (Wildman–Crippen LogP) is 6.45. The van der Waals surface area contributed by atoms with Crippen molar-refractivity contribution < 1.29 is 9.59 Å². The van der Waals surface area contributed by atoms with Crippen molar-refractivity contribution in [3.63, 3.8) is 0 Å². The third-order valence-electron chi connectivity index (χ3n) is 8.36. The number of carbonyl (C=O) groups is 1. The van der Waals surface area contributed by atoms with E-state index in [0.29, 0.717) is 0 Å². The van der Waals surface area contributed by atoms with Crippen LogP contribution in [0.2, 0.25) is 0 Å². The monoisotopic (exact) mass is 469 g/mol. The zero-order valence-corrected chi connectivity index (χ0v) is 20.2. The van der Waals surface area contributed by atoms with Crippen LogP contribution >= 0.6 is 11.3 Å². The number of amides is 1. The lowest BCUT2D eigenvalue weighted by atomic mass is 9.53. The minimum absolute atomic E-state index is 0.174. The van der Waals surface area contributed by atoms with Crippen LogP contribution in [0, 0.1) is 11.3 Å². The van der Waals surface area contributed by atoms with Crippen molar-refractivity contribution >= 4 is 45.5 Å². The smallest absolute Gasteiger partial charge is 0.230 e. The molecule has 1 amide bonds. The number of hydrogen-bond acceptors (Lipinski definition) is 4. The molecule has 173 valence electrons. The van der Waals surface area contributed by atoms with Crippen LogP contribution in [0.1, 0.15) is 61.9 Å². The molecule has 7 rings (SSSR count). The van der Waals surface area contributed by atoms with Crippen LogP contribution in [0.15, 0.2) is 54.6 Å². The first-order valence-corrected chi connectivity index (χ1v) is 13.2. The van der Waals surface area contributed by atoms with Crippen molar-refractivity contribution in [1.29, 1.82) is 0 Å². The van der Waals surface area contributed by atoms with Gasteiger partial charge in [-0.1, -0.05) is 30.3 Å². The van der Waals surface area contributed by atoms with E-state index in [2.05, 4.69) is 29.2 Å². The third kappa shape index (κ3) is 3.90. The molecule has 0 spiro atoms. The second kappa shape index (κ2) is 8.46. The molecular weight excluding hydrogens is 440 g/mol. The van der Waals surface area contributed by atoms with Gasteiger partial charge in [-0.25, -0.2) is 4.98 Å². The predicted molar refractivity (Wildman–Crippen MR) is 138 cm³/mol. The SMILES string of the molecule is O=[C]/C=C/c1cccc(N(CC23CCC(c4nc5ccccc5s4)(CC2)CC3)C(=O)C2CC2)c1. The lowest BCUT2D eigenvalue weighted by Crippen LogP contribution is -2.51. The number of para-hydroxylation sites is 1. The van der Waals surface area contributed by atoms with Crippen LogP contribution in [0.3, 0.4) is 0 Å². The Bertz CT molecular complexity index is 1210. The molecule has 34 heavy (non-hydrogen) atoms. The second-order valence-electron chi connectivity index (χ2n) is 10.5. The van der Waals surface area contributed by atoms with Crippen molar-refractivity contribution in [3.05, 3.63) is 65.2 Å². The summed E-state index contributed by atoms with van der Waals surface area (Å²) in [5.74, 6) is 0.443. The van der Waals surface area contributed by atoms with Crippen LogP contribution in [0.25, 0.3) is 16.3 Å². The standard InChI is InChI=1S/C29H29N2O2S/c32-18-4-6-21-5-3-7-23(19-21)31(26(33)22-10-11-22)20-28-12-15-29(16-13-28,17-14-28)27-30-24-8-1-2-9-25(24)34-27/h1-9,19,22H,10-17,20H2/b6-4+. The summed E-state index contributed by atoms with van der Waals surface area (Å²) in [5, 5.41) is 1.32. The van der Waals surface area contributed by atoms with Gasteiger partial charge < -0.3 is 4.90 Å². The third-order valence-corrected chi connectivity index (χ3v) is 9.64. The van der Waals surface area contributed by atoms with Crippen molar-refractivity contribution in [2.24, 2.45) is 11.3 Å². The number of nitrogens with zero attached hydrogens (tertiary/aromatic N) is 2. The number of anilines is 1. The second-order valence-corrected chi connectivity index (χ2v) is 11.5. The fraction of sp³-hybridized carbons (Fsp3) is 0.414. The van der Waals surface area contributed by atoms with Crippen molar-refractivity contribution in [3.8, 4) is 0 Å². The molecule has 0 atom stereocenters. The maximum atomic E-state index is 13.4. The van der Waals surface area contributed by atoms with Crippen LogP contribution in [0.4, 0.5) is 5.69 Å². The molecule has 2 aromatic carbocycles. The average molecular weight is 470 g/mol. The number of rotatable bonds is 7. The highest BCUT2D eigenvalue weighted by atomic mass is 32.1. The van der Waals surface area contributed by atoms with Gasteiger partial charge >= 0.3 is 0 Å². The summed E-state index contributed by atoms with van der Waals surface area (Å²) in [7, 11) is 0. The number of hydrogen-bond donors (Lipinski definition) is 0. The first-order chi connectivity index (χ1) is 16.6. The van der Waals surface area contributed by atoms with E-state index >= 15 is 0 Å². The van der Waals surface area contributed by atoms with E-state index in [1.165, 1.54) is 15.8 Å². The molecular formula is C29H29N2O2S. The van der Waals surface area contributed by atoms with Crippen LogP contribution in [-0.4, -0.2) is 23.7 Å². The Labute approximate surface area is 204 Å². The topological polar surface area (TPSA) is 50.3 Å². The Morgan fingerprint density at radius 1 is 1.06 bits per heavy atom. The molecule has 1 aromatic heterocycles. The summed E-state index contributed by atoms with van der Waals surface area (Å²) in [6.07, 6.45) is 13.9. The summed E-state index contributed by atoms with van der Waals surface area (Å²) >= 11 is 1.88. The van der Waals surface area contributed by atoms with Gasteiger partial charge in [0.15, 0.2) is 0 Å². The molecule has 4 nitrogen and oxygen atoms in total. The summed E-state index contributed by atoms with van der Waals surface area (Å²) in [6, 6.07) is 16.5. The van der Waals surface area contributed by atoms with Crippen molar-refractivity contribution in [2.75, 3.05) is 11.4 Å². The fourth-order valence-electron chi connectivity index (χ4n) is 6.03. The lowest BCUT2D eigenvalue weighted by molar-refractivity contribution is -0.120. The quantitative estimate of drug-likeness (QED) is 0.373. The molecule has 4 aliphatic rings. The van der Waals surface area contributed by atoms with Gasteiger partial charge in [-0.2, -0.15) is 0 Å². The van der Waals surface area contributed by atoms with Crippen molar-refractivity contribution in [1.82, 2.24) is 4.98 Å². The average Bonchev–Trinajstić information content (AvgIpc) is 3.65. The molecule has 2 bridgehead atoms. The van der Waals surface area contributed by atoms with Crippen LogP contribution in [0.5, 0.6) is 0 Å². The Hall–Kier alpha value is -2.79. The molecule has 0 N–H and O–H groups in total. The van der Waals surface area contributed by atoms with Gasteiger partial charge in [0.05, 0.1) is 15.2 Å². The number of allylic oxidation sites excluding steroid dienone is 1. The van der Waals surface area contributed by atoms with E-state index in [4.69, 9.17) is 4.98 Å². The van der Waals surface area contributed by atoms with Crippen molar-refractivity contribution in [2.45, 2.75) is 56.8 Å². The number of thiazole rings is 1.